The number of hydrogen-bond acceptors (Lipinski definition) is 3. The van der Waals surface area contributed by atoms with Crippen molar-refractivity contribution in [1.82, 2.24) is 9.88 Å². The minimum absolute atomic E-state index is 0.637. The van der Waals surface area contributed by atoms with Crippen LogP contribution in [0.25, 0.3) is 0 Å². The minimum atomic E-state index is 0.637. The summed E-state index contributed by atoms with van der Waals surface area (Å²) in [5, 5.41) is 3.65. The Morgan fingerprint density at radius 1 is 1.29 bits per heavy atom. The van der Waals surface area contributed by atoms with Gasteiger partial charge in [-0.15, -0.1) is 0 Å². The van der Waals surface area contributed by atoms with E-state index in [1.807, 2.05) is 12.4 Å². The summed E-state index contributed by atoms with van der Waals surface area (Å²) < 4.78 is 0. The fourth-order valence-electron chi connectivity index (χ4n) is 3.23. The largest absolute Gasteiger partial charge is 0.381 e. The van der Waals surface area contributed by atoms with Gasteiger partial charge in [0.1, 0.15) is 0 Å². The number of piperidine rings is 1. The molecule has 17 heavy (non-hydrogen) atoms. The van der Waals surface area contributed by atoms with Crippen molar-refractivity contribution in [1.29, 1.82) is 0 Å². The molecule has 2 unspecified atom stereocenters. The van der Waals surface area contributed by atoms with Gasteiger partial charge in [0.25, 0.3) is 0 Å². The Labute approximate surface area is 103 Å². The van der Waals surface area contributed by atoms with Crippen molar-refractivity contribution in [3.05, 3.63) is 24.0 Å². The summed E-state index contributed by atoms with van der Waals surface area (Å²) >= 11 is 0. The maximum absolute atomic E-state index is 4.24. The van der Waals surface area contributed by atoms with Gasteiger partial charge in [0.05, 0.1) is 5.69 Å². The monoisotopic (exact) mass is 231 g/mol. The highest BCUT2D eigenvalue weighted by atomic mass is 15.2. The summed E-state index contributed by atoms with van der Waals surface area (Å²) in [7, 11) is 0. The van der Waals surface area contributed by atoms with Crippen LogP contribution >= 0.6 is 0 Å². The van der Waals surface area contributed by atoms with E-state index in [9.17, 15) is 0 Å². The molecule has 2 aliphatic rings. The summed E-state index contributed by atoms with van der Waals surface area (Å²) in [5.41, 5.74) is 2.41. The SMILES string of the molecule is Cc1cncc(NC2CCN3CCCC3C2)c1. The summed E-state index contributed by atoms with van der Waals surface area (Å²) in [6.07, 6.45) is 9.20. The molecule has 1 aromatic rings. The van der Waals surface area contributed by atoms with Gasteiger partial charge < -0.3 is 10.2 Å². The molecule has 0 amide bonds. The lowest BCUT2D eigenvalue weighted by Crippen LogP contribution is -2.42. The van der Waals surface area contributed by atoms with Crippen LogP contribution in [0.2, 0.25) is 0 Å². The molecule has 3 nitrogen and oxygen atoms in total. The molecule has 2 saturated heterocycles. The number of nitrogens with zero attached hydrogens (tertiary/aromatic N) is 2. The Balaban J connectivity index is 1.62. The van der Waals surface area contributed by atoms with E-state index in [0.29, 0.717) is 6.04 Å². The Morgan fingerprint density at radius 2 is 2.24 bits per heavy atom. The van der Waals surface area contributed by atoms with E-state index in [2.05, 4.69) is 28.2 Å². The van der Waals surface area contributed by atoms with E-state index in [-0.39, 0.29) is 0 Å². The zero-order valence-electron chi connectivity index (χ0n) is 10.5. The molecule has 3 heteroatoms. The molecular weight excluding hydrogens is 210 g/mol. The number of aromatic nitrogens is 1. The molecule has 0 bridgehead atoms. The van der Waals surface area contributed by atoms with Gasteiger partial charge in [-0.2, -0.15) is 0 Å². The van der Waals surface area contributed by atoms with Crippen molar-refractivity contribution in [3.63, 3.8) is 0 Å². The highest BCUT2D eigenvalue weighted by Crippen LogP contribution is 2.28. The second-order valence-electron chi connectivity index (χ2n) is 5.45. The normalized spacial score (nSPS) is 29.0. The Morgan fingerprint density at radius 3 is 3.12 bits per heavy atom. The van der Waals surface area contributed by atoms with E-state index in [4.69, 9.17) is 0 Å². The second kappa shape index (κ2) is 4.65. The fourth-order valence-corrected chi connectivity index (χ4v) is 3.23. The molecule has 3 rings (SSSR count). The van der Waals surface area contributed by atoms with Crippen molar-refractivity contribution in [2.24, 2.45) is 0 Å². The maximum Gasteiger partial charge on any atom is 0.0531 e. The van der Waals surface area contributed by atoms with Gasteiger partial charge >= 0.3 is 0 Å². The van der Waals surface area contributed by atoms with E-state index >= 15 is 0 Å². The third-order valence-electron chi connectivity index (χ3n) is 4.07. The van der Waals surface area contributed by atoms with Crippen LogP contribution in [0, 0.1) is 6.92 Å². The third-order valence-corrected chi connectivity index (χ3v) is 4.07. The molecule has 2 fully saturated rings. The molecule has 1 aromatic heterocycles. The van der Waals surface area contributed by atoms with Gasteiger partial charge in [-0.25, -0.2) is 0 Å². The topological polar surface area (TPSA) is 28.2 Å². The minimum Gasteiger partial charge on any atom is -0.381 e. The van der Waals surface area contributed by atoms with Crippen molar-refractivity contribution in [2.45, 2.75) is 44.7 Å². The quantitative estimate of drug-likeness (QED) is 0.847. The van der Waals surface area contributed by atoms with Gasteiger partial charge in [-0.1, -0.05) is 0 Å². The lowest BCUT2D eigenvalue weighted by Gasteiger charge is -2.35. The molecule has 3 heterocycles. The van der Waals surface area contributed by atoms with Crippen LogP contribution < -0.4 is 5.32 Å². The lowest BCUT2D eigenvalue weighted by molar-refractivity contribution is 0.188. The highest BCUT2D eigenvalue weighted by molar-refractivity contribution is 5.43. The number of aryl methyl sites for hydroxylation is 1. The average molecular weight is 231 g/mol. The lowest BCUT2D eigenvalue weighted by atomic mass is 9.97. The number of fused-ring (bicyclic) bond motifs is 1. The molecule has 0 spiro atoms. The first-order chi connectivity index (χ1) is 8.31. The van der Waals surface area contributed by atoms with Gasteiger partial charge in [0, 0.05) is 31.0 Å². The molecular formula is C14H21N3. The van der Waals surface area contributed by atoms with Crippen LogP contribution in [-0.4, -0.2) is 35.1 Å². The van der Waals surface area contributed by atoms with Gasteiger partial charge in [-0.3, -0.25) is 4.98 Å². The average Bonchev–Trinajstić information content (AvgIpc) is 2.76. The number of nitrogens with one attached hydrogen (secondary N) is 1. The van der Waals surface area contributed by atoms with E-state index in [0.717, 1.165) is 6.04 Å². The van der Waals surface area contributed by atoms with Gasteiger partial charge in [0.2, 0.25) is 0 Å². The molecule has 2 atom stereocenters. The van der Waals surface area contributed by atoms with E-state index in [1.165, 1.54) is 50.0 Å². The molecule has 0 saturated carbocycles. The molecule has 0 aliphatic carbocycles. The Bertz CT molecular complexity index is 391. The van der Waals surface area contributed by atoms with Crippen LogP contribution in [0.5, 0.6) is 0 Å². The number of pyridine rings is 1. The van der Waals surface area contributed by atoms with Crippen LogP contribution in [-0.2, 0) is 0 Å². The third kappa shape index (κ3) is 2.44. The smallest absolute Gasteiger partial charge is 0.0531 e. The second-order valence-corrected chi connectivity index (χ2v) is 5.45. The van der Waals surface area contributed by atoms with Gasteiger partial charge in [-0.05, 0) is 50.8 Å². The summed E-state index contributed by atoms with van der Waals surface area (Å²) in [5.74, 6) is 0. The van der Waals surface area contributed by atoms with Crippen molar-refractivity contribution in [3.8, 4) is 0 Å². The van der Waals surface area contributed by atoms with E-state index in [1.54, 1.807) is 0 Å². The molecule has 0 radical (unpaired) electrons. The van der Waals surface area contributed by atoms with Crippen LogP contribution in [0.3, 0.4) is 0 Å². The number of anilines is 1. The molecule has 0 aromatic carbocycles. The number of hydrogen-bond donors (Lipinski definition) is 1. The van der Waals surface area contributed by atoms with Crippen molar-refractivity contribution >= 4 is 5.69 Å². The van der Waals surface area contributed by atoms with E-state index < -0.39 is 0 Å². The predicted molar refractivity (Wildman–Crippen MR) is 70.2 cm³/mol. The summed E-state index contributed by atoms with van der Waals surface area (Å²) in [4.78, 5) is 6.90. The first kappa shape index (κ1) is 11.0. The van der Waals surface area contributed by atoms with Crippen molar-refractivity contribution in [2.75, 3.05) is 18.4 Å². The van der Waals surface area contributed by atoms with Crippen LogP contribution in [0.1, 0.15) is 31.2 Å². The van der Waals surface area contributed by atoms with Crippen LogP contribution in [0.4, 0.5) is 5.69 Å². The standard InChI is InChI=1S/C14H21N3/c1-11-7-13(10-15-9-11)16-12-4-6-17-5-2-3-14(17)8-12/h7,9-10,12,14,16H,2-6,8H2,1H3. The summed E-state index contributed by atoms with van der Waals surface area (Å²) in [6.45, 7) is 4.68. The molecule has 92 valence electrons. The number of rotatable bonds is 2. The molecule has 1 N–H and O–H groups in total. The predicted octanol–water partition coefficient (Wildman–Crippen LogP) is 2.43. The van der Waals surface area contributed by atoms with Crippen LogP contribution in [0.15, 0.2) is 18.5 Å². The maximum atomic E-state index is 4.24. The fraction of sp³-hybridized carbons (Fsp3) is 0.643. The Hall–Kier alpha value is -1.09. The zero-order chi connectivity index (χ0) is 11.7. The first-order valence-electron chi connectivity index (χ1n) is 6.73. The van der Waals surface area contributed by atoms with Gasteiger partial charge in [0.15, 0.2) is 0 Å². The van der Waals surface area contributed by atoms with Crippen molar-refractivity contribution < 1.29 is 0 Å². The highest BCUT2D eigenvalue weighted by Gasteiger charge is 2.31. The Kier molecular flexibility index (Phi) is 3.02. The molecule has 2 aliphatic heterocycles. The zero-order valence-corrected chi connectivity index (χ0v) is 10.5. The first-order valence-corrected chi connectivity index (χ1v) is 6.73. The summed E-state index contributed by atoms with van der Waals surface area (Å²) in [6, 6.07) is 3.66.